The Balaban J connectivity index is 1.75. The molecule has 0 spiro atoms. The first-order chi connectivity index (χ1) is 14.2. The van der Waals surface area contributed by atoms with Crippen LogP contribution in [0.4, 0.5) is 5.69 Å². The van der Waals surface area contributed by atoms with E-state index in [-0.39, 0.29) is 18.1 Å². The molecular weight excluding hydrogens is 402 g/mol. The third kappa shape index (κ3) is 5.07. The molecule has 3 rings (SSSR count). The van der Waals surface area contributed by atoms with Crippen molar-refractivity contribution in [1.29, 1.82) is 0 Å². The summed E-state index contributed by atoms with van der Waals surface area (Å²) in [6.07, 6.45) is -0.299. The summed E-state index contributed by atoms with van der Waals surface area (Å²) in [6, 6.07) is 15.8. The molecule has 0 aliphatic carbocycles. The van der Waals surface area contributed by atoms with Gasteiger partial charge in [-0.1, -0.05) is 30.3 Å². The SMILES string of the molecule is C[C@@H]1CN(S(=O)(=O)N(C)[C@@H](C)c2cccc(NC(=O)c3ccccc3)c2)C[C@@H](C)O1. The lowest BCUT2D eigenvalue weighted by molar-refractivity contribution is -0.0455. The monoisotopic (exact) mass is 431 g/mol. The first-order valence-corrected chi connectivity index (χ1v) is 11.4. The molecule has 0 unspecified atom stereocenters. The van der Waals surface area contributed by atoms with Crippen LogP contribution in [0.1, 0.15) is 42.7 Å². The molecule has 0 aromatic heterocycles. The van der Waals surface area contributed by atoms with E-state index >= 15 is 0 Å². The number of hydrogen-bond acceptors (Lipinski definition) is 4. The Bertz CT molecular complexity index is 971. The number of benzene rings is 2. The Labute approximate surface area is 178 Å². The van der Waals surface area contributed by atoms with Crippen molar-refractivity contribution in [3.05, 3.63) is 65.7 Å². The molecule has 1 aliphatic rings. The highest BCUT2D eigenvalue weighted by Gasteiger charge is 2.35. The van der Waals surface area contributed by atoms with E-state index in [1.807, 2.05) is 45.0 Å². The Morgan fingerprint density at radius 2 is 1.73 bits per heavy atom. The third-order valence-corrected chi connectivity index (χ3v) is 7.28. The number of amides is 1. The van der Waals surface area contributed by atoms with Gasteiger partial charge in [-0.05, 0) is 50.6 Å². The van der Waals surface area contributed by atoms with Gasteiger partial charge in [0.15, 0.2) is 0 Å². The lowest BCUT2D eigenvalue weighted by atomic mass is 10.1. The van der Waals surface area contributed by atoms with Crippen molar-refractivity contribution in [3.8, 4) is 0 Å². The van der Waals surface area contributed by atoms with Crippen LogP contribution in [0.15, 0.2) is 54.6 Å². The van der Waals surface area contributed by atoms with Crippen molar-refractivity contribution in [3.63, 3.8) is 0 Å². The molecule has 2 aromatic rings. The molecule has 7 nitrogen and oxygen atoms in total. The average Bonchev–Trinajstić information content (AvgIpc) is 2.72. The van der Waals surface area contributed by atoms with Crippen molar-refractivity contribution in [2.75, 3.05) is 25.5 Å². The van der Waals surface area contributed by atoms with Crippen LogP contribution in [0, 0.1) is 0 Å². The number of nitrogens with zero attached hydrogens (tertiary/aromatic N) is 2. The van der Waals surface area contributed by atoms with Gasteiger partial charge in [-0.2, -0.15) is 17.0 Å². The zero-order chi connectivity index (χ0) is 21.9. The molecule has 1 heterocycles. The fourth-order valence-electron chi connectivity index (χ4n) is 3.58. The van der Waals surface area contributed by atoms with E-state index in [0.717, 1.165) is 5.56 Å². The first-order valence-electron chi connectivity index (χ1n) is 10.0. The van der Waals surface area contributed by atoms with Crippen LogP contribution in [0.2, 0.25) is 0 Å². The molecule has 3 atom stereocenters. The number of rotatable bonds is 6. The van der Waals surface area contributed by atoms with Crippen molar-refractivity contribution in [2.24, 2.45) is 0 Å². The highest BCUT2D eigenvalue weighted by atomic mass is 32.2. The van der Waals surface area contributed by atoms with Gasteiger partial charge in [-0.15, -0.1) is 0 Å². The minimum Gasteiger partial charge on any atom is -0.373 e. The van der Waals surface area contributed by atoms with E-state index in [0.29, 0.717) is 24.3 Å². The van der Waals surface area contributed by atoms with Crippen molar-refractivity contribution < 1.29 is 17.9 Å². The molecule has 0 bridgehead atoms. The minimum atomic E-state index is -3.65. The molecular formula is C22H29N3O4S. The van der Waals surface area contributed by atoms with E-state index in [1.165, 1.54) is 8.61 Å². The first kappa shape index (κ1) is 22.4. The van der Waals surface area contributed by atoms with E-state index in [9.17, 15) is 13.2 Å². The number of ether oxygens (including phenoxy) is 1. The third-order valence-electron chi connectivity index (χ3n) is 5.28. The van der Waals surface area contributed by atoms with Crippen LogP contribution in [0.5, 0.6) is 0 Å². The predicted molar refractivity (Wildman–Crippen MR) is 118 cm³/mol. The van der Waals surface area contributed by atoms with Crippen LogP contribution >= 0.6 is 0 Å². The zero-order valence-electron chi connectivity index (χ0n) is 17.8. The van der Waals surface area contributed by atoms with Crippen molar-refractivity contribution >= 4 is 21.8 Å². The topological polar surface area (TPSA) is 79.0 Å². The Morgan fingerprint density at radius 1 is 1.10 bits per heavy atom. The number of nitrogens with one attached hydrogen (secondary N) is 1. The van der Waals surface area contributed by atoms with Gasteiger partial charge in [0, 0.05) is 37.4 Å². The molecule has 8 heteroatoms. The van der Waals surface area contributed by atoms with Crippen LogP contribution in [0.3, 0.4) is 0 Å². The van der Waals surface area contributed by atoms with Crippen molar-refractivity contribution in [2.45, 2.75) is 39.0 Å². The molecule has 1 aliphatic heterocycles. The highest BCUT2D eigenvalue weighted by Crippen LogP contribution is 2.27. The largest absolute Gasteiger partial charge is 0.373 e. The van der Waals surface area contributed by atoms with E-state index in [1.54, 1.807) is 37.4 Å². The molecule has 1 N–H and O–H groups in total. The maximum atomic E-state index is 13.2. The lowest BCUT2D eigenvalue weighted by Crippen LogP contribution is -2.52. The summed E-state index contributed by atoms with van der Waals surface area (Å²) in [4.78, 5) is 12.4. The number of morpholine rings is 1. The normalized spacial score (nSPS) is 21.4. The van der Waals surface area contributed by atoms with E-state index in [4.69, 9.17) is 4.74 Å². The molecule has 162 valence electrons. The summed E-state index contributed by atoms with van der Waals surface area (Å²) in [5, 5.41) is 2.87. The molecule has 1 saturated heterocycles. The van der Waals surface area contributed by atoms with Crippen LogP contribution in [0.25, 0.3) is 0 Å². The van der Waals surface area contributed by atoms with Crippen LogP contribution in [-0.2, 0) is 14.9 Å². The molecule has 2 aromatic carbocycles. The molecule has 0 radical (unpaired) electrons. The number of hydrogen-bond donors (Lipinski definition) is 1. The Morgan fingerprint density at radius 3 is 2.37 bits per heavy atom. The predicted octanol–water partition coefficient (Wildman–Crippen LogP) is 3.29. The van der Waals surface area contributed by atoms with Gasteiger partial charge in [0.25, 0.3) is 16.1 Å². The minimum absolute atomic E-state index is 0.149. The molecule has 30 heavy (non-hydrogen) atoms. The lowest BCUT2D eigenvalue weighted by Gasteiger charge is -2.38. The van der Waals surface area contributed by atoms with E-state index < -0.39 is 16.3 Å². The summed E-state index contributed by atoms with van der Waals surface area (Å²) in [6.45, 7) is 6.25. The standard InChI is InChI=1S/C22H29N3O4S/c1-16-14-25(15-17(2)29-16)30(27,28)24(4)18(3)20-11-8-12-21(13-20)23-22(26)19-9-6-5-7-10-19/h5-13,16-18H,14-15H2,1-4H3,(H,23,26)/t16-,17-,18+/m1/s1. The molecule has 1 fully saturated rings. The summed E-state index contributed by atoms with van der Waals surface area (Å²) >= 11 is 0. The van der Waals surface area contributed by atoms with Gasteiger partial charge in [-0.3, -0.25) is 4.79 Å². The maximum Gasteiger partial charge on any atom is 0.282 e. The van der Waals surface area contributed by atoms with E-state index in [2.05, 4.69) is 5.32 Å². The fraction of sp³-hybridized carbons (Fsp3) is 0.409. The van der Waals surface area contributed by atoms with Gasteiger partial charge in [-0.25, -0.2) is 0 Å². The van der Waals surface area contributed by atoms with Crippen molar-refractivity contribution in [1.82, 2.24) is 8.61 Å². The second kappa shape index (κ2) is 9.26. The van der Waals surface area contributed by atoms with Gasteiger partial charge in [0.05, 0.1) is 12.2 Å². The second-order valence-electron chi connectivity index (χ2n) is 7.72. The molecule has 0 saturated carbocycles. The number of carbonyl (C=O) groups excluding carboxylic acids is 1. The zero-order valence-corrected chi connectivity index (χ0v) is 18.6. The van der Waals surface area contributed by atoms with Gasteiger partial charge >= 0.3 is 0 Å². The Hall–Kier alpha value is -2.26. The number of anilines is 1. The van der Waals surface area contributed by atoms with Crippen LogP contribution < -0.4 is 5.32 Å². The number of carbonyl (C=O) groups is 1. The smallest absolute Gasteiger partial charge is 0.282 e. The summed E-state index contributed by atoms with van der Waals surface area (Å²) in [7, 11) is -2.07. The van der Waals surface area contributed by atoms with Crippen LogP contribution in [-0.4, -0.2) is 55.3 Å². The summed E-state index contributed by atoms with van der Waals surface area (Å²) in [5.74, 6) is -0.210. The second-order valence-corrected chi connectivity index (χ2v) is 9.71. The van der Waals surface area contributed by atoms with Gasteiger partial charge < -0.3 is 10.1 Å². The van der Waals surface area contributed by atoms with Gasteiger partial charge in [0.1, 0.15) is 0 Å². The average molecular weight is 432 g/mol. The highest BCUT2D eigenvalue weighted by molar-refractivity contribution is 7.86. The molecule has 1 amide bonds. The van der Waals surface area contributed by atoms with Gasteiger partial charge in [0.2, 0.25) is 0 Å². The summed E-state index contributed by atoms with van der Waals surface area (Å²) in [5.41, 5.74) is 1.97. The summed E-state index contributed by atoms with van der Waals surface area (Å²) < 4.78 is 34.8. The Kier molecular flexibility index (Phi) is 6.92. The fourth-order valence-corrected chi connectivity index (χ4v) is 5.26. The maximum absolute atomic E-state index is 13.2. The quantitative estimate of drug-likeness (QED) is 0.761.